The molecule has 1 aliphatic rings. The van der Waals surface area contributed by atoms with E-state index >= 15 is 0 Å². The molecule has 0 bridgehead atoms. The van der Waals surface area contributed by atoms with Gasteiger partial charge >= 0.3 is 0 Å². The molecule has 0 unspecified atom stereocenters. The van der Waals surface area contributed by atoms with Crippen LogP contribution >= 0.6 is 0 Å². The van der Waals surface area contributed by atoms with E-state index in [2.05, 4.69) is 15.3 Å². The topological polar surface area (TPSA) is 73.1 Å². The van der Waals surface area contributed by atoms with Gasteiger partial charge in [0.15, 0.2) is 0 Å². The minimum absolute atomic E-state index is 0.322. The summed E-state index contributed by atoms with van der Waals surface area (Å²) >= 11 is 0. The second kappa shape index (κ2) is 6.54. The predicted octanol–water partition coefficient (Wildman–Crippen LogP) is 2.13. The van der Waals surface area contributed by atoms with Crippen molar-refractivity contribution >= 4 is 11.8 Å². The highest BCUT2D eigenvalue weighted by Crippen LogP contribution is 2.17. The third-order valence-electron chi connectivity index (χ3n) is 3.26. The minimum Gasteiger partial charge on any atom is -0.378 e. The van der Waals surface area contributed by atoms with Gasteiger partial charge in [0, 0.05) is 24.9 Å². The van der Waals surface area contributed by atoms with Crippen LogP contribution in [0, 0.1) is 6.92 Å². The first-order valence-electron chi connectivity index (χ1n) is 6.70. The van der Waals surface area contributed by atoms with E-state index in [4.69, 9.17) is 10.5 Å². The van der Waals surface area contributed by atoms with Crippen molar-refractivity contribution in [2.24, 2.45) is 0 Å². The molecule has 1 aliphatic heterocycles. The van der Waals surface area contributed by atoms with Gasteiger partial charge in [-0.05, 0) is 39.0 Å². The zero-order chi connectivity index (χ0) is 12.8. The fraction of sp³-hybridized carbons (Fsp3) is 0.692. The van der Waals surface area contributed by atoms with E-state index in [0.717, 1.165) is 31.0 Å². The van der Waals surface area contributed by atoms with E-state index in [0.29, 0.717) is 12.1 Å². The van der Waals surface area contributed by atoms with E-state index in [1.165, 1.54) is 25.7 Å². The van der Waals surface area contributed by atoms with Gasteiger partial charge in [-0.1, -0.05) is 0 Å². The number of nitrogen functional groups attached to an aromatic ring is 1. The van der Waals surface area contributed by atoms with E-state index in [-0.39, 0.29) is 0 Å². The van der Waals surface area contributed by atoms with E-state index < -0.39 is 0 Å². The fourth-order valence-corrected chi connectivity index (χ4v) is 2.21. The molecule has 1 fully saturated rings. The highest BCUT2D eigenvalue weighted by molar-refractivity contribution is 5.44. The molecule has 5 heteroatoms. The lowest BCUT2D eigenvalue weighted by Gasteiger charge is -2.10. The maximum Gasteiger partial charge on any atom is 0.221 e. The number of unbranched alkanes of at least 4 members (excludes halogenated alkanes) is 1. The molecular weight excluding hydrogens is 228 g/mol. The number of rotatable bonds is 6. The Bertz CT molecular complexity index is 377. The average molecular weight is 250 g/mol. The van der Waals surface area contributed by atoms with Crippen molar-refractivity contribution in [1.29, 1.82) is 0 Å². The van der Waals surface area contributed by atoms with Gasteiger partial charge < -0.3 is 15.8 Å². The number of ether oxygens (including phenoxy) is 1. The number of anilines is 2. The summed E-state index contributed by atoms with van der Waals surface area (Å²) in [6.45, 7) is 3.85. The van der Waals surface area contributed by atoms with E-state index in [1.807, 2.05) is 6.92 Å². The lowest BCUT2D eigenvalue weighted by molar-refractivity contribution is 0.102. The molecule has 0 spiro atoms. The molecule has 100 valence electrons. The Morgan fingerprint density at radius 3 is 3.17 bits per heavy atom. The Labute approximate surface area is 108 Å². The van der Waals surface area contributed by atoms with Crippen LogP contribution in [0.2, 0.25) is 0 Å². The van der Waals surface area contributed by atoms with Crippen LogP contribution in [-0.4, -0.2) is 29.2 Å². The van der Waals surface area contributed by atoms with Gasteiger partial charge in [0.2, 0.25) is 5.95 Å². The molecule has 0 amide bonds. The molecular formula is C13H22N4O. The molecule has 1 aromatic heterocycles. The maximum atomic E-state index is 5.60. The molecule has 2 rings (SSSR count). The van der Waals surface area contributed by atoms with Gasteiger partial charge in [0.25, 0.3) is 0 Å². The Kier molecular flexibility index (Phi) is 4.75. The van der Waals surface area contributed by atoms with Crippen LogP contribution in [0.5, 0.6) is 0 Å². The van der Waals surface area contributed by atoms with Crippen LogP contribution in [0.1, 0.15) is 37.7 Å². The number of nitrogens with two attached hydrogens (primary N) is 1. The summed E-state index contributed by atoms with van der Waals surface area (Å²) < 4.78 is 5.60. The molecule has 0 radical (unpaired) electrons. The van der Waals surface area contributed by atoms with Crippen LogP contribution in [0.4, 0.5) is 11.8 Å². The smallest absolute Gasteiger partial charge is 0.221 e. The fourth-order valence-electron chi connectivity index (χ4n) is 2.21. The molecule has 18 heavy (non-hydrogen) atoms. The van der Waals surface area contributed by atoms with Crippen molar-refractivity contribution in [3.8, 4) is 0 Å². The number of aromatic nitrogens is 2. The van der Waals surface area contributed by atoms with Gasteiger partial charge in [-0.3, -0.25) is 0 Å². The Morgan fingerprint density at radius 2 is 2.39 bits per heavy atom. The zero-order valence-corrected chi connectivity index (χ0v) is 11.0. The van der Waals surface area contributed by atoms with Crippen molar-refractivity contribution in [3.63, 3.8) is 0 Å². The second-order valence-corrected chi connectivity index (χ2v) is 4.82. The Morgan fingerprint density at radius 1 is 1.50 bits per heavy atom. The largest absolute Gasteiger partial charge is 0.378 e. The molecule has 1 aromatic rings. The van der Waals surface area contributed by atoms with Crippen molar-refractivity contribution < 1.29 is 4.74 Å². The Balaban J connectivity index is 1.64. The standard InChI is InChI=1S/C13H22N4O/c1-10-9-16-13(14)17-12(10)15-7-3-2-5-11-6-4-8-18-11/h9,11H,2-8H2,1H3,(H3,14,15,16,17)/t11-/m0/s1. The Hall–Kier alpha value is -1.36. The SMILES string of the molecule is Cc1cnc(N)nc1NCCCC[C@H]1CCCO1. The van der Waals surface area contributed by atoms with Crippen molar-refractivity contribution in [2.75, 3.05) is 24.2 Å². The number of hydrogen-bond donors (Lipinski definition) is 2. The summed E-state index contributed by atoms with van der Waals surface area (Å²) in [5.74, 6) is 1.17. The van der Waals surface area contributed by atoms with Crippen molar-refractivity contribution in [1.82, 2.24) is 9.97 Å². The summed E-state index contributed by atoms with van der Waals surface area (Å²) in [6, 6.07) is 0. The molecule has 1 saturated heterocycles. The third-order valence-corrected chi connectivity index (χ3v) is 3.26. The highest BCUT2D eigenvalue weighted by atomic mass is 16.5. The molecule has 2 heterocycles. The molecule has 5 nitrogen and oxygen atoms in total. The van der Waals surface area contributed by atoms with Crippen LogP contribution in [0.15, 0.2) is 6.20 Å². The quantitative estimate of drug-likeness (QED) is 0.757. The lowest BCUT2D eigenvalue weighted by Crippen LogP contribution is -2.09. The average Bonchev–Trinajstić information content (AvgIpc) is 2.86. The molecule has 3 N–H and O–H groups in total. The van der Waals surface area contributed by atoms with Crippen LogP contribution in [-0.2, 0) is 4.74 Å². The van der Waals surface area contributed by atoms with E-state index in [1.54, 1.807) is 6.20 Å². The number of nitrogens with zero attached hydrogens (tertiary/aromatic N) is 2. The zero-order valence-electron chi connectivity index (χ0n) is 11.0. The predicted molar refractivity (Wildman–Crippen MR) is 72.5 cm³/mol. The molecule has 1 atom stereocenters. The van der Waals surface area contributed by atoms with Gasteiger partial charge in [-0.2, -0.15) is 4.98 Å². The summed E-state index contributed by atoms with van der Waals surface area (Å²) in [6.07, 6.45) is 8.20. The first kappa shape index (κ1) is 13.1. The highest BCUT2D eigenvalue weighted by Gasteiger charge is 2.14. The summed E-state index contributed by atoms with van der Waals surface area (Å²) in [4.78, 5) is 8.12. The summed E-state index contributed by atoms with van der Waals surface area (Å²) in [7, 11) is 0. The minimum atomic E-state index is 0.322. The van der Waals surface area contributed by atoms with Gasteiger partial charge in [-0.15, -0.1) is 0 Å². The second-order valence-electron chi connectivity index (χ2n) is 4.82. The lowest BCUT2D eigenvalue weighted by atomic mass is 10.1. The van der Waals surface area contributed by atoms with Gasteiger partial charge in [0.05, 0.1) is 6.10 Å². The normalized spacial score (nSPS) is 19.1. The number of hydrogen-bond acceptors (Lipinski definition) is 5. The first-order chi connectivity index (χ1) is 8.75. The van der Waals surface area contributed by atoms with Crippen molar-refractivity contribution in [3.05, 3.63) is 11.8 Å². The van der Waals surface area contributed by atoms with Crippen molar-refractivity contribution in [2.45, 2.75) is 45.1 Å². The third kappa shape index (κ3) is 3.84. The van der Waals surface area contributed by atoms with Gasteiger partial charge in [-0.25, -0.2) is 4.98 Å². The van der Waals surface area contributed by atoms with Crippen LogP contribution in [0.3, 0.4) is 0 Å². The van der Waals surface area contributed by atoms with Crippen LogP contribution < -0.4 is 11.1 Å². The number of aryl methyl sites for hydroxylation is 1. The molecule has 0 aliphatic carbocycles. The molecule has 0 aromatic carbocycles. The number of nitrogens with one attached hydrogen (secondary N) is 1. The van der Waals surface area contributed by atoms with Gasteiger partial charge in [0.1, 0.15) is 5.82 Å². The van der Waals surface area contributed by atoms with E-state index in [9.17, 15) is 0 Å². The summed E-state index contributed by atoms with van der Waals surface area (Å²) in [5.41, 5.74) is 6.59. The maximum absolute atomic E-state index is 5.60. The van der Waals surface area contributed by atoms with Crippen LogP contribution in [0.25, 0.3) is 0 Å². The monoisotopic (exact) mass is 250 g/mol. The first-order valence-corrected chi connectivity index (χ1v) is 6.70. The summed E-state index contributed by atoms with van der Waals surface area (Å²) in [5, 5.41) is 3.31. The molecule has 0 saturated carbocycles.